The second kappa shape index (κ2) is 6.79. The Morgan fingerprint density at radius 1 is 1.17 bits per heavy atom. The first-order valence-electron chi connectivity index (χ1n) is 8.51. The molecule has 3 N–H and O–H groups in total. The van der Waals surface area contributed by atoms with Gasteiger partial charge in [0.2, 0.25) is 10.7 Å². The number of rotatable bonds is 4. The Kier molecular flexibility index (Phi) is 4.49. The second-order valence-corrected chi connectivity index (χ2v) is 7.69. The van der Waals surface area contributed by atoms with E-state index in [9.17, 15) is 27.6 Å². The van der Waals surface area contributed by atoms with Gasteiger partial charge in [0, 0.05) is 0 Å². The van der Waals surface area contributed by atoms with Crippen molar-refractivity contribution in [2.24, 2.45) is 0 Å². The SMILES string of the molecule is Cc1nnc(N[C@@]2(C(F)(F)F)C(=O)Nc3c2c(=O)[nH]c(=O)n3Cc2ccccc2)s1. The number of alkyl halides is 3. The molecular formula is C17H13F3N6O3S. The Morgan fingerprint density at radius 2 is 1.87 bits per heavy atom. The predicted molar refractivity (Wildman–Crippen MR) is 101 cm³/mol. The number of H-pyrrole nitrogens is 1. The predicted octanol–water partition coefficient (Wildman–Crippen LogP) is 1.57. The molecule has 1 aromatic carbocycles. The molecule has 0 fully saturated rings. The number of carbonyl (C=O) groups is 1. The molecule has 0 saturated carbocycles. The van der Waals surface area contributed by atoms with Crippen molar-refractivity contribution in [3.8, 4) is 0 Å². The summed E-state index contributed by atoms with van der Waals surface area (Å²) in [5.74, 6) is -2.07. The van der Waals surface area contributed by atoms with Gasteiger partial charge in [0.15, 0.2) is 0 Å². The van der Waals surface area contributed by atoms with E-state index >= 15 is 0 Å². The molecule has 0 radical (unpaired) electrons. The summed E-state index contributed by atoms with van der Waals surface area (Å²) in [6.45, 7) is 1.36. The minimum atomic E-state index is -5.23. The third-order valence-electron chi connectivity index (χ3n) is 4.58. The molecule has 2 aromatic heterocycles. The number of nitrogens with one attached hydrogen (secondary N) is 3. The summed E-state index contributed by atoms with van der Waals surface area (Å²) in [4.78, 5) is 39.4. The first kappa shape index (κ1) is 19.8. The number of aromatic amines is 1. The van der Waals surface area contributed by atoms with Crippen molar-refractivity contribution in [2.45, 2.75) is 25.2 Å². The zero-order valence-electron chi connectivity index (χ0n) is 15.2. The van der Waals surface area contributed by atoms with Crippen molar-refractivity contribution in [1.82, 2.24) is 19.7 Å². The van der Waals surface area contributed by atoms with Crippen molar-refractivity contribution in [3.05, 3.63) is 67.3 Å². The molecule has 1 aliphatic rings. The quantitative estimate of drug-likeness (QED) is 0.569. The van der Waals surface area contributed by atoms with Crippen LogP contribution in [0, 0.1) is 6.92 Å². The molecule has 0 aliphatic carbocycles. The van der Waals surface area contributed by atoms with Gasteiger partial charge in [-0.3, -0.25) is 19.1 Å². The fraction of sp³-hybridized carbons (Fsp3) is 0.235. The lowest BCUT2D eigenvalue weighted by Gasteiger charge is -2.29. The summed E-state index contributed by atoms with van der Waals surface area (Å²) in [6, 6.07) is 8.41. The van der Waals surface area contributed by atoms with E-state index in [1.165, 1.54) is 6.92 Å². The number of carbonyl (C=O) groups excluding carboxylic acids is 1. The smallest absolute Gasteiger partial charge is 0.334 e. The van der Waals surface area contributed by atoms with E-state index in [0.717, 1.165) is 15.9 Å². The highest BCUT2D eigenvalue weighted by Gasteiger charge is 2.68. The van der Waals surface area contributed by atoms with Gasteiger partial charge in [0.25, 0.3) is 11.5 Å². The zero-order chi connectivity index (χ0) is 21.7. The number of amides is 1. The largest absolute Gasteiger partial charge is 0.425 e. The van der Waals surface area contributed by atoms with E-state index in [1.807, 2.05) is 10.3 Å². The molecule has 156 valence electrons. The van der Waals surface area contributed by atoms with Crippen LogP contribution in [-0.4, -0.2) is 31.8 Å². The Bertz CT molecular complexity index is 1250. The highest BCUT2D eigenvalue weighted by Crippen LogP contribution is 2.47. The van der Waals surface area contributed by atoms with Crippen LogP contribution in [0.3, 0.4) is 0 Å². The van der Waals surface area contributed by atoms with Crippen molar-refractivity contribution < 1.29 is 18.0 Å². The molecule has 0 bridgehead atoms. The fourth-order valence-corrected chi connectivity index (χ4v) is 3.90. The average molecular weight is 438 g/mol. The molecule has 0 spiro atoms. The summed E-state index contributed by atoms with van der Waals surface area (Å²) < 4.78 is 43.7. The molecule has 1 aliphatic heterocycles. The lowest BCUT2D eigenvalue weighted by atomic mass is 9.92. The van der Waals surface area contributed by atoms with Crippen molar-refractivity contribution in [3.63, 3.8) is 0 Å². The number of hydrogen-bond acceptors (Lipinski definition) is 7. The van der Waals surface area contributed by atoms with Crippen LogP contribution < -0.4 is 21.9 Å². The highest BCUT2D eigenvalue weighted by molar-refractivity contribution is 7.15. The molecule has 30 heavy (non-hydrogen) atoms. The first-order valence-corrected chi connectivity index (χ1v) is 9.33. The van der Waals surface area contributed by atoms with Gasteiger partial charge in [-0.1, -0.05) is 41.7 Å². The van der Waals surface area contributed by atoms with Gasteiger partial charge in [0.1, 0.15) is 16.4 Å². The molecule has 1 amide bonds. The first-order chi connectivity index (χ1) is 14.1. The molecule has 4 rings (SSSR count). The van der Waals surface area contributed by atoms with E-state index in [4.69, 9.17) is 0 Å². The molecule has 3 heterocycles. The van der Waals surface area contributed by atoms with Crippen LogP contribution in [-0.2, 0) is 16.9 Å². The summed E-state index contributed by atoms with van der Waals surface area (Å²) in [7, 11) is 0. The standard InChI is InChI=1S/C17H13F3N6O3S/c1-8-24-25-14(30-8)23-16(17(18,19)20)10-11(21-13(16)28)26(15(29)22-12(10)27)7-9-5-3-2-4-6-9/h2-6H,7H2,1H3,(H,21,28)(H,23,25)(H,22,27,29)/t16-/m1/s1. The Labute approximate surface area is 169 Å². The van der Waals surface area contributed by atoms with Crippen LogP contribution in [0.25, 0.3) is 0 Å². The molecule has 3 aromatic rings. The minimum absolute atomic E-state index is 0.162. The number of aromatic nitrogens is 4. The third-order valence-corrected chi connectivity index (χ3v) is 5.33. The van der Waals surface area contributed by atoms with Gasteiger partial charge in [0.05, 0.1) is 6.54 Å². The number of nitrogens with zero attached hydrogens (tertiary/aromatic N) is 3. The minimum Gasteiger partial charge on any atom is -0.334 e. The maximum absolute atomic E-state index is 14.3. The van der Waals surface area contributed by atoms with E-state index in [2.05, 4.69) is 15.5 Å². The van der Waals surface area contributed by atoms with Crippen LogP contribution in [0.4, 0.5) is 24.1 Å². The van der Waals surface area contributed by atoms with E-state index < -0.39 is 40.3 Å². The van der Waals surface area contributed by atoms with E-state index in [1.54, 1.807) is 30.3 Å². The van der Waals surface area contributed by atoms with Gasteiger partial charge in [-0.15, -0.1) is 10.2 Å². The van der Waals surface area contributed by atoms with Crippen molar-refractivity contribution in [2.75, 3.05) is 10.6 Å². The third kappa shape index (κ3) is 2.98. The monoisotopic (exact) mass is 438 g/mol. The number of hydrogen-bond donors (Lipinski definition) is 3. The lowest BCUT2D eigenvalue weighted by Crippen LogP contribution is -2.56. The summed E-state index contributed by atoms with van der Waals surface area (Å²) in [5.41, 5.74) is -6.09. The molecule has 9 nitrogen and oxygen atoms in total. The maximum Gasteiger partial charge on any atom is 0.425 e. The van der Waals surface area contributed by atoms with Gasteiger partial charge >= 0.3 is 11.9 Å². The number of aryl methyl sites for hydroxylation is 1. The Morgan fingerprint density at radius 3 is 2.47 bits per heavy atom. The molecule has 1 atom stereocenters. The molecule has 0 unspecified atom stereocenters. The zero-order valence-corrected chi connectivity index (χ0v) is 16.0. The summed E-state index contributed by atoms with van der Waals surface area (Å²) in [6.07, 6.45) is -5.23. The Balaban J connectivity index is 1.95. The highest BCUT2D eigenvalue weighted by atomic mass is 32.1. The van der Waals surface area contributed by atoms with Crippen LogP contribution in [0.15, 0.2) is 39.9 Å². The summed E-state index contributed by atoms with van der Waals surface area (Å²) >= 11 is 0.788. The van der Waals surface area contributed by atoms with Crippen LogP contribution >= 0.6 is 11.3 Å². The fourth-order valence-electron chi connectivity index (χ4n) is 3.25. The van der Waals surface area contributed by atoms with Gasteiger partial charge in [-0.2, -0.15) is 13.2 Å². The topological polar surface area (TPSA) is 122 Å². The number of halogens is 3. The molecule has 13 heteroatoms. The van der Waals surface area contributed by atoms with Gasteiger partial charge < -0.3 is 10.6 Å². The number of fused-ring (bicyclic) bond motifs is 1. The maximum atomic E-state index is 14.3. The normalized spacial score (nSPS) is 18.2. The van der Waals surface area contributed by atoms with Crippen LogP contribution in [0.1, 0.15) is 16.1 Å². The molecule has 0 saturated heterocycles. The lowest BCUT2D eigenvalue weighted by molar-refractivity contribution is -0.184. The van der Waals surface area contributed by atoms with E-state index in [0.29, 0.717) is 10.6 Å². The van der Waals surface area contributed by atoms with E-state index in [-0.39, 0.29) is 11.7 Å². The summed E-state index contributed by atoms with van der Waals surface area (Å²) in [5, 5.41) is 11.4. The van der Waals surface area contributed by atoms with Crippen LogP contribution in [0.5, 0.6) is 0 Å². The van der Waals surface area contributed by atoms with Crippen molar-refractivity contribution in [1.29, 1.82) is 0 Å². The second-order valence-electron chi connectivity index (χ2n) is 6.51. The number of benzene rings is 1. The average Bonchev–Trinajstić information content (AvgIpc) is 3.21. The van der Waals surface area contributed by atoms with Gasteiger partial charge in [-0.05, 0) is 12.5 Å². The molecular weight excluding hydrogens is 425 g/mol. The Hall–Kier alpha value is -3.48. The number of anilines is 2. The van der Waals surface area contributed by atoms with Crippen molar-refractivity contribution >= 4 is 28.2 Å². The van der Waals surface area contributed by atoms with Gasteiger partial charge in [-0.25, -0.2) is 4.79 Å². The van der Waals surface area contributed by atoms with Crippen LogP contribution in [0.2, 0.25) is 0 Å².